The fourth-order valence-electron chi connectivity index (χ4n) is 5.02. The fourth-order valence-corrected chi connectivity index (χ4v) is 6.51. The van der Waals surface area contributed by atoms with E-state index in [9.17, 15) is 18.0 Å². The van der Waals surface area contributed by atoms with Gasteiger partial charge >= 0.3 is 5.97 Å². The van der Waals surface area contributed by atoms with Crippen LogP contribution in [0.1, 0.15) is 60.8 Å². The smallest absolute Gasteiger partial charge is 0.308 e. The Morgan fingerprint density at radius 1 is 1.28 bits per heavy atom. The van der Waals surface area contributed by atoms with Crippen molar-refractivity contribution in [1.82, 2.24) is 15.1 Å². The van der Waals surface area contributed by atoms with Crippen LogP contribution in [0, 0.1) is 11.3 Å². The molecule has 0 unspecified atom stereocenters. The van der Waals surface area contributed by atoms with Crippen LogP contribution in [0.2, 0.25) is 0 Å². The summed E-state index contributed by atoms with van der Waals surface area (Å²) in [5, 5.41) is 7.83. The molecule has 1 spiro atoms. The summed E-state index contributed by atoms with van der Waals surface area (Å²) in [5.74, 6) is -0.586. The van der Waals surface area contributed by atoms with Crippen molar-refractivity contribution in [1.29, 1.82) is 0 Å². The Morgan fingerprint density at radius 3 is 2.69 bits per heavy atom. The number of aromatic nitrogens is 2. The van der Waals surface area contributed by atoms with E-state index < -0.39 is 9.84 Å². The van der Waals surface area contributed by atoms with Gasteiger partial charge in [-0.1, -0.05) is 0 Å². The standard InChI is InChI=1S/C22H33N3O6S/c1-2-25-19-17(14-22(15-23-20(19)26)7-10-30-11-8-22)18(24-25)4-3-9-31-21(27)16-5-12-32(28,29)13-6-16/h16H,2-15H2,1H3,(H,23,26). The zero-order chi connectivity index (χ0) is 22.8. The van der Waals surface area contributed by atoms with Gasteiger partial charge in [0, 0.05) is 31.9 Å². The van der Waals surface area contributed by atoms with Gasteiger partial charge in [0.05, 0.1) is 29.7 Å². The van der Waals surface area contributed by atoms with Crippen molar-refractivity contribution in [3.05, 3.63) is 17.0 Å². The van der Waals surface area contributed by atoms with Crippen molar-refractivity contribution >= 4 is 21.7 Å². The first-order valence-corrected chi connectivity index (χ1v) is 13.5. The third kappa shape index (κ3) is 5.01. The largest absolute Gasteiger partial charge is 0.465 e. The summed E-state index contributed by atoms with van der Waals surface area (Å²) in [4.78, 5) is 25.1. The molecule has 178 valence electrons. The number of amides is 1. The molecule has 0 bridgehead atoms. The minimum Gasteiger partial charge on any atom is -0.465 e. The number of hydrogen-bond donors (Lipinski definition) is 1. The van der Waals surface area contributed by atoms with E-state index in [4.69, 9.17) is 14.6 Å². The number of fused-ring (bicyclic) bond motifs is 1. The number of ether oxygens (including phenoxy) is 2. The van der Waals surface area contributed by atoms with E-state index in [0.717, 1.165) is 30.5 Å². The summed E-state index contributed by atoms with van der Waals surface area (Å²) in [5.41, 5.74) is 2.59. The molecular formula is C22H33N3O6S. The van der Waals surface area contributed by atoms with Gasteiger partial charge in [0.25, 0.3) is 5.91 Å². The van der Waals surface area contributed by atoms with Gasteiger partial charge in [-0.05, 0) is 57.3 Å². The Labute approximate surface area is 189 Å². The van der Waals surface area contributed by atoms with Crippen LogP contribution >= 0.6 is 0 Å². The lowest BCUT2D eigenvalue weighted by atomic mass is 9.75. The first-order chi connectivity index (χ1) is 15.3. The molecule has 4 rings (SSSR count). The van der Waals surface area contributed by atoms with Crippen LogP contribution in [0.15, 0.2) is 0 Å². The van der Waals surface area contributed by atoms with Gasteiger partial charge in [0.1, 0.15) is 15.5 Å². The van der Waals surface area contributed by atoms with E-state index in [0.29, 0.717) is 57.7 Å². The SMILES string of the molecule is CCn1nc(CCCOC(=O)C2CCS(=O)(=O)CC2)c2c1C(=O)NCC1(CCOCC1)C2. The number of rotatable bonds is 6. The van der Waals surface area contributed by atoms with E-state index in [1.165, 1.54) is 0 Å². The van der Waals surface area contributed by atoms with Crippen LogP contribution in [0.3, 0.4) is 0 Å². The molecule has 0 radical (unpaired) electrons. The molecule has 0 aromatic carbocycles. The Balaban J connectivity index is 1.39. The predicted molar refractivity (Wildman–Crippen MR) is 117 cm³/mol. The van der Waals surface area contributed by atoms with Crippen LogP contribution in [0.5, 0.6) is 0 Å². The van der Waals surface area contributed by atoms with E-state index in [2.05, 4.69) is 5.32 Å². The first-order valence-electron chi connectivity index (χ1n) is 11.6. The maximum absolute atomic E-state index is 12.8. The molecule has 0 aliphatic carbocycles. The van der Waals surface area contributed by atoms with E-state index in [1.54, 1.807) is 4.68 Å². The normalized spacial score (nSPS) is 22.7. The summed E-state index contributed by atoms with van der Waals surface area (Å²) in [6.45, 7) is 4.93. The third-order valence-electron chi connectivity index (χ3n) is 7.07. The number of aryl methyl sites for hydroxylation is 2. The van der Waals surface area contributed by atoms with Crippen molar-refractivity contribution in [3.63, 3.8) is 0 Å². The predicted octanol–water partition coefficient (Wildman–Crippen LogP) is 1.29. The van der Waals surface area contributed by atoms with Gasteiger partial charge < -0.3 is 14.8 Å². The summed E-state index contributed by atoms with van der Waals surface area (Å²) >= 11 is 0. The van der Waals surface area contributed by atoms with Crippen LogP contribution < -0.4 is 5.32 Å². The maximum Gasteiger partial charge on any atom is 0.308 e. The van der Waals surface area contributed by atoms with E-state index >= 15 is 0 Å². The van der Waals surface area contributed by atoms with Crippen LogP contribution in [0.4, 0.5) is 0 Å². The number of hydrogen-bond acceptors (Lipinski definition) is 7. The number of carbonyl (C=O) groups excluding carboxylic acids is 2. The summed E-state index contributed by atoms with van der Waals surface area (Å²) < 4.78 is 35.9. The number of nitrogens with zero attached hydrogens (tertiary/aromatic N) is 2. The molecule has 4 heterocycles. The number of nitrogens with one attached hydrogen (secondary N) is 1. The van der Waals surface area contributed by atoms with Crippen LogP contribution in [-0.4, -0.2) is 67.9 Å². The molecule has 10 heteroatoms. The first kappa shape index (κ1) is 23.2. The monoisotopic (exact) mass is 467 g/mol. The molecule has 2 fully saturated rings. The molecule has 1 amide bonds. The quantitative estimate of drug-likeness (QED) is 0.495. The topological polar surface area (TPSA) is 117 Å². The van der Waals surface area contributed by atoms with Crippen molar-refractivity contribution in [3.8, 4) is 0 Å². The zero-order valence-electron chi connectivity index (χ0n) is 18.7. The average molecular weight is 468 g/mol. The lowest BCUT2D eigenvalue weighted by Gasteiger charge is -2.36. The second-order valence-electron chi connectivity index (χ2n) is 9.26. The zero-order valence-corrected chi connectivity index (χ0v) is 19.5. The lowest BCUT2D eigenvalue weighted by Crippen LogP contribution is -2.40. The van der Waals surface area contributed by atoms with Crippen molar-refractivity contribution < 1.29 is 27.5 Å². The van der Waals surface area contributed by atoms with Gasteiger partial charge in [-0.2, -0.15) is 5.10 Å². The van der Waals surface area contributed by atoms with Crippen molar-refractivity contribution in [2.24, 2.45) is 11.3 Å². The molecular weight excluding hydrogens is 434 g/mol. The number of sulfone groups is 1. The second-order valence-corrected chi connectivity index (χ2v) is 11.6. The van der Waals surface area contributed by atoms with Gasteiger partial charge in [0.15, 0.2) is 0 Å². The lowest BCUT2D eigenvalue weighted by molar-refractivity contribution is -0.148. The average Bonchev–Trinajstić information content (AvgIpc) is 3.05. The summed E-state index contributed by atoms with van der Waals surface area (Å²) in [6.07, 6.45) is 4.56. The molecule has 3 aliphatic rings. The molecule has 2 saturated heterocycles. The molecule has 1 aromatic rings. The van der Waals surface area contributed by atoms with Gasteiger partial charge in [-0.3, -0.25) is 14.3 Å². The van der Waals surface area contributed by atoms with Crippen molar-refractivity contribution in [2.75, 3.05) is 37.9 Å². The highest BCUT2D eigenvalue weighted by atomic mass is 32.2. The van der Waals surface area contributed by atoms with Gasteiger partial charge in [0.2, 0.25) is 0 Å². The second kappa shape index (κ2) is 9.51. The molecule has 3 aliphatic heterocycles. The van der Waals surface area contributed by atoms with Gasteiger partial charge in [-0.25, -0.2) is 8.42 Å². The summed E-state index contributed by atoms with van der Waals surface area (Å²) in [7, 11) is -3.00. The summed E-state index contributed by atoms with van der Waals surface area (Å²) in [6, 6.07) is 0. The third-order valence-corrected chi connectivity index (χ3v) is 8.78. The Kier molecular flexibility index (Phi) is 6.90. The van der Waals surface area contributed by atoms with Crippen LogP contribution in [-0.2, 0) is 43.5 Å². The maximum atomic E-state index is 12.8. The fraction of sp³-hybridized carbons (Fsp3) is 0.773. The Hall–Kier alpha value is -1.94. The highest BCUT2D eigenvalue weighted by Gasteiger charge is 2.39. The highest BCUT2D eigenvalue weighted by Crippen LogP contribution is 2.37. The minimum absolute atomic E-state index is 0.00327. The molecule has 9 nitrogen and oxygen atoms in total. The van der Waals surface area contributed by atoms with E-state index in [1.807, 2.05) is 6.92 Å². The van der Waals surface area contributed by atoms with Crippen molar-refractivity contribution in [2.45, 2.75) is 58.4 Å². The van der Waals surface area contributed by atoms with Crippen LogP contribution in [0.25, 0.3) is 0 Å². The van der Waals surface area contributed by atoms with Gasteiger partial charge in [-0.15, -0.1) is 0 Å². The number of esters is 1. The molecule has 1 N–H and O–H groups in total. The Bertz CT molecular complexity index is 951. The highest BCUT2D eigenvalue weighted by molar-refractivity contribution is 7.91. The Morgan fingerprint density at radius 2 is 2.00 bits per heavy atom. The molecule has 0 saturated carbocycles. The molecule has 0 atom stereocenters. The van der Waals surface area contributed by atoms with E-state index in [-0.39, 0.29) is 41.3 Å². The number of carbonyl (C=O) groups is 2. The minimum atomic E-state index is -3.00. The molecule has 32 heavy (non-hydrogen) atoms. The molecule has 1 aromatic heterocycles.